The summed E-state index contributed by atoms with van der Waals surface area (Å²) in [6.45, 7) is -2.66. The predicted molar refractivity (Wildman–Crippen MR) is 176 cm³/mol. The van der Waals surface area contributed by atoms with Gasteiger partial charge in [-0.25, -0.2) is 0 Å². The number of aliphatic hydroxyl groups is 11. The lowest BCUT2D eigenvalue weighted by Crippen LogP contribution is -2.65. The number of hydrogen-bond acceptors (Lipinski definition) is 23. The smallest absolute Gasteiger partial charge is 0.239 e. The molecule has 0 saturated carbocycles. The molecule has 0 radical (unpaired) electrons. The summed E-state index contributed by atoms with van der Waals surface area (Å²) in [6.07, 6.45) is -28.0. The number of hydrogen-bond donors (Lipinski definition) is 15. The maximum absolute atomic E-state index is 14.1. The Balaban J connectivity index is 1.42. The van der Waals surface area contributed by atoms with E-state index in [-0.39, 0.29) is 0 Å². The highest BCUT2D eigenvalue weighted by atomic mass is 16.8. The van der Waals surface area contributed by atoms with E-state index in [2.05, 4.69) is 0 Å². The molecule has 310 valence electrons. The van der Waals surface area contributed by atoms with Crippen LogP contribution in [0, 0.1) is 0 Å². The molecule has 23 nitrogen and oxygen atoms in total. The van der Waals surface area contributed by atoms with Crippen molar-refractivity contribution in [3.05, 3.63) is 34.5 Å². The summed E-state index contributed by atoms with van der Waals surface area (Å²) in [5.74, 6) is -5.73. The first-order chi connectivity index (χ1) is 26.5. The molecule has 3 aliphatic rings. The van der Waals surface area contributed by atoms with E-state index < -0.39 is 174 Å². The molecule has 6 rings (SSSR count). The third-order valence-corrected chi connectivity index (χ3v) is 9.51. The zero-order valence-electron chi connectivity index (χ0n) is 28.6. The van der Waals surface area contributed by atoms with Crippen LogP contribution in [-0.2, 0) is 18.9 Å². The van der Waals surface area contributed by atoms with Crippen LogP contribution in [-0.4, -0.2) is 189 Å². The molecule has 56 heavy (non-hydrogen) atoms. The molecule has 0 aliphatic carbocycles. The van der Waals surface area contributed by atoms with Crippen LogP contribution < -0.4 is 14.9 Å². The largest absolute Gasteiger partial charge is 0.508 e. The van der Waals surface area contributed by atoms with Crippen molar-refractivity contribution in [1.82, 2.24) is 0 Å². The van der Waals surface area contributed by atoms with Gasteiger partial charge in [-0.2, -0.15) is 0 Å². The second-order valence-electron chi connectivity index (χ2n) is 13.2. The Morgan fingerprint density at radius 1 is 0.536 bits per heavy atom. The second kappa shape index (κ2) is 16.4. The Labute approximate surface area is 312 Å². The van der Waals surface area contributed by atoms with Gasteiger partial charge in [-0.15, -0.1) is 0 Å². The molecule has 3 aromatic rings. The van der Waals surface area contributed by atoms with E-state index >= 15 is 0 Å². The summed E-state index contributed by atoms with van der Waals surface area (Å²) >= 11 is 0. The van der Waals surface area contributed by atoms with Gasteiger partial charge in [0.25, 0.3) is 0 Å². The van der Waals surface area contributed by atoms with Crippen LogP contribution in [0.4, 0.5) is 0 Å². The van der Waals surface area contributed by atoms with Gasteiger partial charge >= 0.3 is 0 Å². The number of ether oxygens (including phenoxy) is 6. The Morgan fingerprint density at radius 3 is 1.57 bits per heavy atom. The molecule has 15 atom stereocenters. The molecule has 1 aromatic heterocycles. The molecule has 0 amide bonds. The first-order valence-corrected chi connectivity index (χ1v) is 16.8. The highest BCUT2D eigenvalue weighted by Gasteiger charge is 2.52. The van der Waals surface area contributed by atoms with Crippen LogP contribution in [0.3, 0.4) is 0 Å². The van der Waals surface area contributed by atoms with Gasteiger partial charge < -0.3 is 109 Å². The van der Waals surface area contributed by atoms with Crippen LogP contribution >= 0.6 is 0 Å². The quantitative estimate of drug-likeness (QED) is 0.0908. The third-order valence-electron chi connectivity index (χ3n) is 9.51. The summed E-state index contributed by atoms with van der Waals surface area (Å²) in [6, 6.07) is 3.31. The average molecular weight is 805 g/mol. The minimum atomic E-state index is -2.10. The topological polar surface area (TPSA) is 389 Å². The van der Waals surface area contributed by atoms with Crippen molar-refractivity contribution < 1.29 is 109 Å². The number of phenols is 4. The van der Waals surface area contributed by atoms with Crippen molar-refractivity contribution in [3.8, 4) is 45.8 Å². The average Bonchev–Trinajstić information content (AvgIpc) is 3.16. The fraction of sp³-hybridized carbons (Fsp3) is 0.545. The van der Waals surface area contributed by atoms with Crippen molar-refractivity contribution in [3.63, 3.8) is 0 Å². The van der Waals surface area contributed by atoms with Gasteiger partial charge in [-0.3, -0.25) is 4.79 Å². The Hall–Kier alpha value is -4.15. The highest BCUT2D eigenvalue weighted by Crippen LogP contribution is 2.45. The zero-order valence-corrected chi connectivity index (χ0v) is 28.6. The number of aromatic hydroxyl groups is 4. The van der Waals surface area contributed by atoms with Gasteiger partial charge in [0.2, 0.25) is 29.5 Å². The molecule has 3 aliphatic heterocycles. The van der Waals surface area contributed by atoms with Gasteiger partial charge in [0.1, 0.15) is 89.6 Å². The SMILES string of the molecule is O=c1c(O[C@@H]2O[C@H](CO)[C@@H](O)[C@H](O)[C@H]2O[C@@H]2O[C@H](CO)[C@@H](O)[C@H](O)[C@H]2O)c(-c2cc(O)c(O[C@@H]3O[C@H](CO)[C@@H](O)[C@H](O)[C@H]3O)c(O)c2)oc2cc(O)cc(O)c12. The number of aliphatic hydroxyl groups excluding tert-OH is 11. The van der Waals surface area contributed by atoms with Crippen molar-refractivity contribution in [2.75, 3.05) is 19.8 Å². The van der Waals surface area contributed by atoms with Crippen LogP contribution in [0.1, 0.15) is 0 Å². The number of benzene rings is 2. The van der Waals surface area contributed by atoms with Crippen molar-refractivity contribution in [2.24, 2.45) is 0 Å². The molecule has 15 N–H and O–H groups in total. The third kappa shape index (κ3) is 7.51. The summed E-state index contributed by atoms with van der Waals surface area (Å²) in [5, 5.41) is 155. The van der Waals surface area contributed by atoms with Gasteiger partial charge in [0.15, 0.2) is 29.7 Å². The highest BCUT2D eigenvalue weighted by molar-refractivity contribution is 5.88. The van der Waals surface area contributed by atoms with Gasteiger partial charge in [0, 0.05) is 17.7 Å². The first-order valence-electron chi connectivity index (χ1n) is 16.8. The van der Waals surface area contributed by atoms with E-state index in [1.807, 2.05) is 0 Å². The normalized spacial score (nSPS) is 36.4. The number of phenolic OH excluding ortho intramolecular Hbond substituents is 4. The van der Waals surface area contributed by atoms with E-state index in [4.69, 9.17) is 32.8 Å². The van der Waals surface area contributed by atoms with Gasteiger partial charge in [-0.05, 0) is 12.1 Å². The van der Waals surface area contributed by atoms with Crippen LogP contribution in [0.25, 0.3) is 22.3 Å². The van der Waals surface area contributed by atoms with Crippen LogP contribution in [0.15, 0.2) is 33.5 Å². The van der Waals surface area contributed by atoms with Gasteiger partial charge in [0.05, 0.1) is 19.8 Å². The molecule has 2 aromatic carbocycles. The molecule has 4 heterocycles. The van der Waals surface area contributed by atoms with Gasteiger partial charge in [-0.1, -0.05) is 0 Å². The molecule has 0 spiro atoms. The lowest BCUT2D eigenvalue weighted by molar-refractivity contribution is -0.358. The summed E-state index contributed by atoms with van der Waals surface area (Å²) in [5.41, 5.74) is -2.13. The van der Waals surface area contributed by atoms with E-state index in [1.165, 1.54) is 0 Å². The van der Waals surface area contributed by atoms with E-state index in [0.717, 1.165) is 24.3 Å². The van der Waals surface area contributed by atoms with Crippen molar-refractivity contribution in [2.45, 2.75) is 92.1 Å². The summed E-state index contributed by atoms with van der Waals surface area (Å²) in [4.78, 5) is 14.1. The van der Waals surface area contributed by atoms with Crippen molar-refractivity contribution >= 4 is 11.0 Å². The Morgan fingerprint density at radius 2 is 1.02 bits per heavy atom. The molecule has 3 saturated heterocycles. The molecule has 23 heteroatoms. The summed E-state index contributed by atoms with van der Waals surface area (Å²) < 4.78 is 38.9. The molecule has 0 unspecified atom stereocenters. The van der Waals surface area contributed by atoms with E-state index in [1.54, 1.807) is 0 Å². The molecular formula is C33H40O23. The Bertz CT molecular complexity index is 1890. The zero-order chi connectivity index (χ0) is 40.9. The van der Waals surface area contributed by atoms with Crippen LogP contribution in [0.5, 0.6) is 34.5 Å². The monoisotopic (exact) mass is 804 g/mol. The first kappa shape index (κ1) is 41.5. The fourth-order valence-electron chi connectivity index (χ4n) is 6.44. The predicted octanol–water partition coefficient (Wildman–Crippen LogP) is -5.54. The molecule has 0 bridgehead atoms. The number of fused-ring (bicyclic) bond motifs is 1. The second-order valence-corrected chi connectivity index (χ2v) is 13.2. The van der Waals surface area contributed by atoms with E-state index in [0.29, 0.717) is 0 Å². The van der Waals surface area contributed by atoms with E-state index in [9.17, 15) is 81.4 Å². The fourth-order valence-corrected chi connectivity index (χ4v) is 6.44. The molecule has 3 fully saturated rings. The molecular weight excluding hydrogens is 764 g/mol. The minimum absolute atomic E-state index is 0.417. The standard InChI is InChI=1S/C33H40O23/c34-5-14-18(41)22(45)25(48)31(51-14)54-28-11(39)1-8(2-12(28)40)27-29(21(44)17-10(38)3-9(37)4-13(17)50-27)55-33-30(24(47)20(43)16(7-36)53-33)56-32-26(49)23(46)19(42)15(6-35)52-32/h1-4,14-16,18-20,22-26,30-43,45-49H,5-7H2/t14-,15-,16-,18-,19-,20-,22+,23+,24+,25-,26-,30-,31+,32+,33+/m1/s1. The van der Waals surface area contributed by atoms with Crippen LogP contribution in [0.2, 0.25) is 0 Å². The maximum Gasteiger partial charge on any atom is 0.239 e. The number of rotatable bonds is 10. The lowest BCUT2D eigenvalue weighted by Gasteiger charge is -2.45. The summed E-state index contributed by atoms with van der Waals surface area (Å²) in [7, 11) is 0. The Kier molecular flexibility index (Phi) is 12.1. The minimum Gasteiger partial charge on any atom is -0.508 e. The maximum atomic E-state index is 14.1. The lowest BCUT2D eigenvalue weighted by atomic mass is 9.97. The van der Waals surface area contributed by atoms with Crippen molar-refractivity contribution in [1.29, 1.82) is 0 Å².